The van der Waals surface area contributed by atoms with Crippen molar-refractivity contribution in [3.8, 4) is 11.3 Å². The van der Waals surface area contributed by atoms with Crippen LogP contribution in [0.1, 0.15) is 42.6 Å². The third-order valence-corrected chi connectivity index (χ3v) is 6.23. The molecule has 2 aliphatic rings. The first-order valence-corrected chi connectivity index (χ1v) is 11.3. The normalized spacial score (nSPS) is 17.2. The summed E-state index contributed by atoms with van der Waals surface area (Å²) in [6.07, 6.45) is 5.28. The summed E-state index contributed by atoms with van der Waals surface area (Å²) in [5, 5.41) is 9.66. The van der Waals surface area contributed by atoms with Crippen LogP contribution in [-0.2, 0) is 10.2 Å². The van der Waals surface area contributed by atoms with E-state index >= 15 is 0 Å². The van der Waals surface area contributed by atoms with E-state index in [4.69, 9.17) is 4.74 Å². The quantitative estimate of drug-likeness (QED) is 0.549. The number of aromatic nitrogens is 3. The molecule has 1 saturated heterocycles. The Morgan fingerprint density at radius 2 is 1.91 bits per heavy atom. The van der Waals surface area contributed by atoms with Crippen molar-refractivity contribution in [1.82, 2.24) is 20.3 Å². The average molecular weight is 445 g/mol. The Hall–Kier alpha value is -3.52. The minimum atomic E-state index is -0.0618. The van der Waals surface area contributed by atoms with Gasteiger partial charge in [0.15, 0.2) is 0 Å². The van der Waals surface area contributed by atoms with E-state index in [1.165, 1.54) is 5.56 Å². The van der Waals surface area contributed by atoms with Crippen molar-refractivity contribution in [3.63, 3.8) is 0 Å². The molecule has 1 amide bonds. The lowest BCUT2D eigenvalue weighted by molar-refractivity contribution is 0.0696. The van der Waals surface area contributed by atoms with E-state index in [9.17, 15) is 4.79 Å². The molecule has 2 aromatic heterocycles. The maximum Gasteiger partial charge on any atom is 0.251 e. The molecule has 0 spiro atoms. The fraction of sp³-hybridized carbons (Fsp3) is 0.360. The number of anilines is 3. The van der Waals surface area contributed by atoms with Crippen molar-refractivity contribution < 1.29 is 9.53 Å². The van der Waals surface area contributed by atoms with Crippen LogP contribution in [0.25, 0.3) is 11.3 Å². The molecule has 1 aromatic carbocycles. The summed E-state index contributed by atoms with van der Waals surface area (Å²) in [5.74, 6) is 1.37. The van der Waals surface area contributed by atoms with Gasteiger partial charge in [-0.05, 0) is 49.2 Å². The van der Waals surface area contributed by atoms with Crippen molar-refractivity contribution in [3.05, 3.63) is 59.9 Å². The summed E-state index contributed by atoms with van der Waals surface area (Å²) in [4.78, 5) is 26.1. The van der Waals surface area contributed by atoms with Gasteiger partial charge in [0.2, 0.25) is 5.95 Å². The number of hydrogen-bond acceptors (Lipinski definition) is 7. The maximum absolute atomic E-state index is 12.5. The second-order valence-corrected chi connectivity index (χ2v) is 9.19. The number of nitrogens with zero attached hydrogens (tertiary/aromatic N) is 3. The molecule has 3 aromatic rings. The summed E-state index contributed by atoms with van der Waals surface area (Å²) < 4.78 is 5.35. The van der Waals surface area contributed by atoms with Gasteiger partial charge in [0.1, 0.15) is 5.82 Å². The first kappa shape index (κ1) is 21.3. The molecule has 4 heterocycles. The van der Waals surface area contributed by atoms with E-state index in [1.54, 1.807) is 18.3 Å². The van der Waals surface area contributed by atoms with Crippen molar-refractivity contribution in [2.24, 2.45) is 0 Å². The molecular formula is C25H28N6O2. The summed E-state index contributed by atoms with van der Waals surface area (Å²) in [5.41, 5.74) is 4.43. The Morgan fingerprint density at radius 1 is 1.12 bits per heavy atom. The molecule has 0 radical (unpaired) electrons. The number of carbonyl (C=O) groups is 1. The van der Waals surface area contributed by atoms with Crippen LogP contribution in [0.15, 0.2) is 48.8 Å². The molecule has 1 fully saturated rings. The van der Waals surface area contributed by atoms with Crippen LogP contribution in [0.4, 0.5) is 17.5 Å². The van der Waals surface area contributed by atoms with Gasteiger partial charge in [-0.15, -0.1) is 0 Å². The third-order valence-electron chi connectivity index (χ3n) is 6.23. The van der Waals surface area contributed by atoms with E-state index in [1.807, 2.05) is 24.4 Å². The number of pyridine rings is 1. The smallest absolute Gasteiger partial charge is 0.251 e. The first-order chi connectivity index (χ1) is 16.0. The number of fused-ring (bicyclic) bond motifs is 1. The standard InChI is InChI=1S/C25H28N6O2/c1-25(2)15-28-22-20(25)13-17(14-27-22)21-7-10-26-24(31-21)30-18-5-3-16(4-6-18)23(32)29-19-8-11-33-12-9-19/h3-7,10,13-14,19H,8-9,11-12,15H2,1-2H3,(H,27,28)(H,29,32)(H,26,30,31). The molecule has 2 aliphatic heterocycles. The SMILES string of the molecule is CC1(C)CNc2ncc(-c3ccnc(Nc4ccc(C(=O)NC5CCOCC5)cc4)n3)cc21. The molecule has 8 nitrogen and oxygen atoms in total. The van der Waals surface area contributed by atoms with Crippen LogP contribution in [0.2, 0.25) is 0 Å². The highest BCUT2D eigenvalue weighted by molar-refractivity contribution is 5.94. The number of rotatable bonds is 5. The number of ether oxygens (including phenoxy) is 1. The van der Waals surface area contributed by atoms with Gasteiger partial charge in [-0.1, -0.05) is 13.8 Å². The lowest BCUT2D eigenvalue weighted by Crippen LogP contribution is -2.38. The Labute approximate surface area is 193 Å². The second kappa shape index (κ2) is 8.78. The first-order valence-electron chi connectivity index (χ1n) is 11.3. The maximum atomic E-state index is 12.5. The van der Waals surface area contributed by atoms with Gasteiger partial charge < -0.3 is 20.7 Å². The van der Waals surface area contributed by atoms with Gasteiger partial charge in [-0.2, -0.15) is 0 Å². The molecule has 0 unspecified atom stereocenters. The summed E-state index contributed by atoms with van der Waals surface area (Å²) >= 11 is 0. The van der Waals surface area contributed by atoms with Crippen LogP contribution in [0.5, 0.6) is 0 Å². The number of amides is 1. The highest BCUT2D eigenvalue weighted by Crippen LogP contribution is 2.36. The van der Waals surface area contributed by atoms with Crippen molar-refractivity contribution in [1.29, 1.82) is 0 Å². The zero-order valence-corrected chi connectivity index (χ0v) is 18.9. The van der Waals surface area contributed by atoms with Crippen molar-refractivity contribution in [2.45, 2.75) is 38.1 Å². The van der Waals surface area contributed by atoms with Crippen molar-refractivity contribution >= 4 is 23.4 Å². The van der Waals surface area contributed by atoms with E-state index in [0.717, 1.165) is 42.1 Å². The fourth-order valence-electron chi connectivity index (χ4n) is 4.19. The summed E-state index contributed by atoms with van der Waals surface area (Å²) in [6.45, 7) is 6.68. The number of benzene rings is 1. The second-order valence-electron chi connectivity index (χ2n) is 9.19. The Morgan fingerprint density at radius 3 is 2.70 bits per heavy atom. The zero-order valence-electron chi connectivity index (χ0n) is 18.9. The lowest BCUT2D eigenvalue weighted by Gasteiger charge is -2.23. The van der Waals surface area contributed by atoms with E-state index < -0.39 is 0 Å². The minimum Gasteiger partial charge on any atom is -0.381 e. The predicted octanol–water partition coefficient (Wildman–Crippen LogP) is 3.89. The summed E-state index contributed by atoms with van der Waals surface area (Å²) in [7, 11) is 0. The molecule has 170 valence electrons. The van der Waals surface area contributed by atoms with Crippen molar-refractivity contribution in [2.75, 3.05) is 30.4 Å². The molecular weight excluding hydrogens is 416 g/mol. The Kier molecular flexibility index (Phi) is 5.68. The minimum absolute atomic E-state index is 0.0330. The predicted molar refractivity (Wildman–Crippen MR) is 128 cm³/mol. The van der Waals surface area contributed by atoms with Gasteiger partial charge in [0, 0.05) is 66.0 Å². The number of carbonyl (C=O) groups excluding carboxylic acids is 1. The number of hydrogen-bond donors (Lipinski definition) is 3. The van der Waals surface area contributed by atoms with Gasteiger partial charge in [-0.25, -0.2) is 15.0 Å². The van der Waals surface area contributed by atoms with E-state index in [2.05, 4.69) is 50.8 Å². The van der Waals surface area contributed by atoms with Gasteiger partial charge in [0.05, 0.1) is 5.69 Å². The monoisotopic (exact) mass is 444 g/mol. The highest BCUT2D eigenvalue weighted by atomic mass is 16.5. The molecule has 0 bridgehead atoms. The Balaban J connectivity index is 1.28. The molecule has 0 saturated carbocycles. The van der Waals surface area contributed by atoms with Crippen LogP contribution >= 0.6 is 0 Å². The molecule has 0 atom stereocenters. The average Bonchev–Trinajstić information content (AvgIpc) is 3.14. The Bertz CT molecular complexity index is 1160. The zero-order chi connectivity index (χ0) is 22.8. The van der Waals surface area contributed by atoms with E-state index in [0.29, 0.717) is 24.7 Å². The van der Waals surface area contributed by atoms with E-state index in [-0.39, 0.29) is 17.4 Å². The molecule has 8 heteroatoms. The third kappa shape index (κ3) is 4.66. The molecule has 5 rings (SSSR count). The topological polar surface area (TPSA) is 101 Å². The molecule has 3 N–H and O–H groups in total. The van der Waals surface area contributed by atoms with Crippen LogP contribution in [-0.4, -0.2) is 46.7 Å². The fourth-order valence-corrected chi connectivity index (χ4v) is 4.19. The van der Waals surface area contributed by atoms with Crippen LogP contribution < -0.4 is 16.0 Å². The lowest BCUT2D eigenvalue weighted by atomic mass is 9.87. The number of nitrogens with one attached hydrogen (secondary N) is 3. The van der Waals surface area contributed by atoms with Gasteiger partial charge in [0.25, 0.3) is 5.91 Å². The van der Waals surface area contributed by atoms with Crippen LogP contribution in [0, 0.1) is 0 Å². The summed E-state index contributed by atoms with van der Waals surface area (Å²) in [6, 6.07) is 11.5. The molecule has 33 heavy (non-hydrogen) atoms. The van der Waals surface area contributed by atoms with Crippen LogP contribution in [0.3, 0.4) is 0 Å². The van der Waals surface area contributed by atoms with Gasteiger partial charge in [-0.3, -0.25) is 4.79 Å². The van der Waals surface area contributed by atoms with Gasteiger partial charge >= 0.3 is 0 Å². The largest absolute Gasteiger partial charge is 0.381 e. The molecule has 0 aliphatic carbocycles. The highest BCUT2D eigenvalue weighted by Gasteiger charge is 2.31.